The summed E-state index contributed by atoms with van der Waals surface area (Å²) in [5, 5.41) is 5.58. The highest BCUT2D eigenvalue weighted by Crippen LogP contribution is 2.31. The number of ketones is 1. The van der Waals surface area contributed by atoms with E-state index in [2.05, 4.69) is 10.6 Å². The van der Waals surface area contributed by atoms with Crippen molar-refractivity contribution in [2.75, 3.05) is 17.7 Å². The summed E-state index contributed by atoms with van der Waals surface area (Å²) < 4.78 is 59.0. The number of rotatable bonds is 6. The van der Waals surface area contributed by atoms with Gasteiger partial charge in [-0.15, -0.1) is 12.6 Å². The zero-order chi connectivity index (χ0) is 25.5. The number of anilines is 2. The Bertz CT molecular complexity index is 1410. The van der Waals surface area contributed by atoms with Crippen molar-refractivity contribution in [2.45, 2.75) is 11.8 Å². The zero-order valence-corrected chi connectivity index (χ0v) is 19.6. The molecule has 34 heavy (non-hydrogen) atoms. The Labute approximate surface area is 197 Å². The molecule has 0 unspecified atom stereocenters. The average molecular weight is 505 g/mol. The van der Waals surface area contributed by atoms with E-state index in [0.29, 0.717) is 22.3 Å². The van der Waals surface area contributed by atoms with Crippen molar-refractivity contribution in [1.82, 2.24) is 0 Å². The molecular weight excluding hydrogens is 484 g/mol. The lowest BCUT2D eigenvalue weighted by molar-refractivity contribution is 0.100. The largest absolute Gasteiger partial charge is 0.425 e. The third-order valence-electron chi connectivity index (χ3n) is 4.56. The number of hydrogen-bond donors (Lipinski definition) is 3. The molecule has 1 amide bonds. The van der Waals surface area contributed by atoms with Crippen molar-refractivity contribution in [3.8, 4) is 11.1 Å². The molecule has 0 aromatic heterocycles. The second-order valence-corrected chi connectivity index (χ2v) is 8.60. The summed E-state index contributed by atoms with van der Waals surface area (Å²) in [5.41, 5.74) is 2.75. The van der Waals surface area contributed by atoms with Crippen LogP contribution in [0.2, 0.25) is 0 Å². The van der Waals surface area contributed by atoms with Gasteiger partial charge in [-0.1, -0.05) is 30.3 Å². The van der Waals surface area contributed by atoms with Crippen LogP contribution in [0.4, 0.5) is 11.4 Å². The Balaban J connectivity index is 0.000000945. The summed E-state index contributed by atoms with van der Waals surface area (Å²) in [5.74, 6) is -0.587. The lowest BCUT2D eigenvalue weighted by Crippen LogP contribution is -2.13. The molecule has 0 aliphatic rings. The van der Waals surface area contributed by atoms with E-state index in [9.17, 15) is 22.6 Å². The van der Waals surface area contributed by atoms with E-state index in [1.165, 1.54) is 31.2 Å². The predicted octanol–water partition coefficient (Wildman–Crippen LogP) is 3.09. The first-order valence-electron chi connectivity index (χ1n) is 9.51. The third kappa shape index (κ3) is 7.33. The zero-order valence-electron chi connectivity index (χ0n) is 18.0. The van der Waals surface area contributed by atoms with E-state index in [1.807, 2.05) is 0 Å². The van der Waals surface area contributed by atoms with Gasteiger partial charge in [-0.25, -0.2) is 0 Å². The quantitative estimate of drug-likeness (QED) is 0.338. The maximum atomic E-state index is 12.5. The predicted molar refractivity (Wildman–Crippen MR) is 125 cm³/mol. The molecule has 3 N–H and O–H groups in total. The summed E-state index contributed by atoms with van der Waals surface area (Å²) in [6.07, 6.45) is 0. The minimum absolute atomic E-state index is 0.113. The van der Waals surface area contributed by atoms with E-state index in [0.717, 1.165) is 5.69 Å². The smallest absolute Gasteiger partial charge is 0.388 e. The van der Waals surface area contributed by atoms with Crippen LogP contribution in [0.3, 0.4) is 0 Å². The van der Waals surface area contributed by atoms with E-state index in [1.54, 1.807) is 49.5 Å². The molecule has 0 aliphatic carbocycles. The van der Waals surface area contributed by atoms with Gasteiger partial charge in [0.05, 0.1) is 0 Å². The minimum atomic E-state index is -4.54. The number of carbonyl (C=O) groups is 2. The van der Waals surface area contributed by atoms with Crippen LogP contribution in [0, 0.1) is 0 Å². The fourth-order valence-corrected chi connectivity index (χ4v) is 3.67. The standard InChI is InChI=1S/C22H20N2O5S.O3S/c1-14(25)15-3-5-17(6-4-15)22(26)24-19-11-12-20(21(13-19)30(27,28)29)16-7-9-18(23-2)10-8-16;1-4(2)3/h3-13,23H,1-2H3,(H,24,26)(H,27,28,29);. The molecule has 0 spiro atoms. The molecule has 3 rings (SSSR count). The second kappa shape index (κ2) is 11.3. The Morgan fingerprint density at radius 1 is 0.824 bits per heavy atom. The highest BCUT2D eigenvalue weighted by molar-refractivity contribution is 7.86. The molecule has 0 saturated carbocycles. The van der Waals surface area contributed by atoms with Crippen LogP contribution < -0.4 is 10.6 Å². The van der Waals surface area contributed by atoms with Crippen LogP contribution in [0.15, 0.2) is 71.6 Å². The molecule has 0 radical (unpaired) electrons. The highest BCUT2D eigenvalue weighted by Gasteiger charge is 2.18. The van der Waals surface area contributed by atoms with Gasteiger partial charge in [-0.2, -0.15) is 8.42 Å². The molecular formula is C22H20N2O8S2. The Kier molecular flexibility index (Phi) is 8.78. The topological polar surface area (TPSA) is 164 Å². The Hall–Kier alpha value is -3.87. The number of hydrogen-bond acceptors (Lipinski definition) is 8. The summed E-state index contributed by atoms with van der Waals surface area (Å²) in [7, 11) is -5.88. The van der Waals surface area contributed by atoms with Crippen molar-refractivity contribution in [2.24, 2.45) is 0 Å². The molecule has 3 aromatic rings. The Morgan fingerprint density at radius 2 is 1.32 bits per heavy atom. The Morgan fingerprint density at radius 3 is 1.79 bits per heavy atom. The van der Waals surface area contributed by atoms with Gasteiger partial charge >= 0.3 is 10.6 Å². The van der Waals surface area contributed by atoms with E-state index < -0.39 is 26.6 Å². The second-order valence-electron chi connectivity index (χ2n) is 6.81. The lowest BCUT2D eigenvalue weighted by Gasteiger charge is -2.12. The van der Waals surface area contributed by atoms with Gasteiger partial charge in [-0.05, 0) is 48.9 Å². The number of carbonyl (C=O) groups excluding carboxylic acids is 2. The first kappa shape index (κ1) is 26.4. The molecule has 0 atom stereocenters. The van der Waals surface area contributed by atoms with Crippen molar-refractivity contribution in [3.63, 3.8) is 0 Å². The molecule has 10 nitrogen and oxygen atoms in total. The maximum Gasteiger partial charge on any atom is 0.425 e. The summed E-state index contributed by atoms with van der Waals surface area (Å²) in [6, 6.07) is 17.4. The van der Waals surface area contributed by atoms with Crippen LogP contribution in [0.25, 0.3) is 11.1 Å². The average Bonchev–Trinajstić information content (AvgIpc) is 2.78. The molecule has 0 heterocycles. The molecule has 0 bridgehead atoms. The monoisotopic (exact) mass is 504 g/mol. The normalized spacial score (nSPS) is 10.4. The summed E-state index contributed by atoms with van der Waals surface area (Å²) in [4.78, 5) is 23.5. The van der Waals surface area contributed by atoms with Crippen LogP contribution in [0.5, 0.6) is 0 Å². The van der Waals surface area contributed by atoms with E-state index in [-0.39, 0.29) is 16.4 Å². The molecule has 0 saturated heterocycles. The number of benzene rings is 3. The number of amides is 1. The van der Waals surface area contributed by atoms with Crippen LogP contribution in [-0.4, -0.2) is 44.3 Å². The van der Waals surface area contributed by atoms with Gasteiger partial charge in [-0.3, -0.25) is 14.1 Å². The molecule has 0 fully saturated rings. The summed E-state index contributed by atoms with van der Waals surface area (Å²) in [6.45, 7) is 1.43. The van der Waals surface area contributed by atoms with Crippen molar-refractivity contribution in [3.05, 3.63) is 77.9 Å². The van der Waals surface area contributed by atoms with Gasteiger partial charge in [0, 0.05) is 35.1 Å². The van der Waals surface area contributed by atoms with E-state index in [4.69, 9.17) is 12.6 Å². The fraction of sp³-hybridized carbons (Fsp3) is 0.0909. The van der Waals surface area contributed by atoms with Crippen LogP contribution in [-0.2, 0) is 20.7 Å². The molecule has 178 valence electrons. The first-order valence-corrected chi connectivity index (χ1v) is 11.9. The van der Waals surface area contributed by atoms with Crippen molar-refractivity contribution in [1.29, 1.82) is 0 Å². The van der Waals surface area contributed by atoms with Gasteiger partial charge in [0.15, 0.2) is 5.78 Å². The van der Waals surface area contributed by atoms with Gasteiger partial charge < -0.3 is 10.6 Å². The van der Waals surface area contributed by atoms with E-state index >= 15 is 0 Å². The number of Topliss-reactive ketones (excluding diaryl/α,β-unsaturated/α-hetero) is 1. The summed E-state index contributed by atoms with van der Waals surface area (Å²) >= 11 is 0. The minimum Gasteiger partial charge on any atom is -0.388 e. The lowest BCUT2D eigenvalue weighted by atomic mass is 10.0. The van der Waals surface area contributed by atoms with Gasteiger partial charge in [0.25, 0.3) is 16.0 Å². The van der Waals surface area contributed by atoms with Gasteiger partial charge in [0.2, 0.25) is 0 Å². The highest BCUT2D eigenvalue weighted by atomic mass is 32.2. The molecule has 0 aliphatic heterocycles. The number of nitrogens with one attached hydrogen (secondary N) is 2. The van der Waals surface area contributed by atoms with Crippen molar-refractivity contribution >= 4 is 43.8 Å². The molecule has 12 heteroatoms. The van der Waals surface area contributed by atoms with Crippen LogP contribution >= 0.6 is 0 Å². The van der Waals surface area contributed by atoms with Gasteiger partial charge in [0.1, 0.15) is 4.90 Å². The third-order valence-corrected chi connectivity index (χ3v) is 5.45. The maximum absolute atomic E-state index is 12.5. The van der Waals surface area contributed by atoms with Crippen LogP contribution in [0.1, 0.15) is 27.6 Å². The fourth-order valence-electron chi connectivity index (χ4n) is 2.93. The first-order chi connectivity index (χ1) is 15.9. The molecule has 3 aromatic carbocycles. The SMILES string of the molecule is CNc1ccc(-c2ccc(NC(=O)c3ccc(C(C)=O)cc3)cc2S(=O)(=O)O)cc1.O=S(=O)=O. The van der Waals surface area contributed by atoms with Crippen molar-refractivity contribution < 1.29 is 35.2 Å².